The number of rotatable bonds is 4. The van der Waals surface area contributed by atoms with Crippen LogP contribution in [0.25, 0.3) is 0 Å². The molecule has 1 aromatic carbocycles. The zero-order chi connectivity index (χ0) is 11.5. The Kier molecular flexibility index (Phi) is 3.92. The summed E-state index contributed by atoms with van der Waals surface area (Å²) in [6, 6.07) is 10.4. The summed E-state index contributed by atoms with van der Waals surface area (Å²) in [7, 11) is 0. The average Bonchev–Trinajstić information content (AvgIpc) is 2.18. The van der Waals surface area contributed by atoms with E-state index in [1.165, 1.54) is 5.56 Å². The molecule has 84 valence electrons. The largest absolute Gasteiger partial charge is 0.390 e. The maximum atomic E-state index is 10.3. The monoisotopic (exact) mass is 206 g/mol. The first-order chi connectivity index (χ1) is 6.94. The second kappa shape index (κ2) is 4.80. The predicted molar refractivity (Wildman–Crippen MR) is 64.8 cm³/mol. The van der Waals surface area contributed by atoms with Gasteiger partial charge in [0.25, 0.3) is 0 Å². The predicted octanol–water partition coefficient (Wildman–Crippen LogP) is 3.27. The lowest BCUT2D eigenvalue weighted by Gasteiger charge is -2.34. The molecule has 0 bridgehead atoms. The molecule has 0 saturated carbocycles. The molecule has 0 aromatic heterocycles. The van der Waals surface area contributed by atoms with Crippen LogP contribution in [0.1, 0.15) is 33.3 Å². The van der Waals surface area contributed by atoms with E-state index >= 15 is 0 Å². The van der Waals surface area contributed by atoms with Gasteiger partial charge in [-0.2, -0.15) is 0 Å². The van der Waals surface area contributed by atoms with Crippen molar-refractivity contribution in [3.63, 3.8) is 0 Å². The summed E-state index contributed by atoms with van der Waals surface area (Å²) in [5.74, 6) is 0.566. The molecule has 0 aliphatic rings. The fourth-order valence-corrected chi connectivity index (χ4v) is 1.74. The summed E-state index contributed by atoms with van der Waals surface area (Å²) >= 11 is 0. The summed E-state index contributed by atoms with van der Waals surface area (Å²) in [6.07, 6.45) is 0.937. The van der Waals surface area contributed by atoms with E-state index in [-0.39, 0.29) is 11.8 Å². The molecule has 0 aliphatic carbocycles. The van der Waals surface area contributed by atoms with Crippen molar-refractivity contribution in [1.82, 2.24) is 0 Å². The summed E-state index contributed by atoms with van der Waals surface area (Å²) < 4.78 is 0. The molecule has 1 aromatic rings. The van der Waals surface area contributed by atoms with E-state index < -0.39 is 5.60 Å². The van der Waals surface area contributed by atoms with Crippen LogP contribution in [-0.4, -0.2) is 10.7 Å². The van der Waals surface area contributed by atoms with Crippen molar-refractivity contribution in [3.8, 4) is 0 Å². The maximum Gasteiger partial charge on any atom is 0.0671 e. The first kappa shape index (κ1) is 12.3. The first-order valence-corrected chi connectivity index (χ1v) is 5.71. The summed E-state index contributed by atoms with van der Waals surface area (Å²) in [6.45, 7) is 8.20. The Bertz CT molecular complexity index is 287. The quantitative estimate of drug-likeness (QED) is 0.801. The van der Waals surface area contributed by atoms with E-state index in [2.05, 4.69) is 32.9 Å². The number of aliphatic hydroxyl groups is 1. The molecule has 0 fully saturated rings. The lowest BCUT2D eigenvalue weighted by molar-refractivity contribution is -0.0353. The second-order valence-corrected chi connectivity index (χ2v) is 4.97. The van der Waals surface area contributed by atoms with Crippen molar-refractivity contribution in [2.75, 3.05) is 0 Å². The van der Waals surface area contributed by atoms with Crippen LogP contribution in [0, 0.1) is 11.8 Å². The molecule has 0 heterocycles. The van der Waals surface area contributed by atoms with Gasteiger partial charge in [-0.25, -0.2) is 0 Å². The third kappa shape index (κ3) is 3.07. The Balaban J connectivity index is 2.67. The Morgan fingerprint density at radius 3 is 2.13 bits per heavy atom. The van der Waals surface area contributed by atoms with E-state index in [4.69, 9.17) is 0 Å². The summed E-state index contributed by atoms with van der Waals surface area (Å²) in [5.41, 5.74) is 0.710. The molecular weight excluding hydrogens is 184 g/mol. The number of hydrogen-bond acceptors (Lipinski definition) is 1. The normalized spacial score (nSPS) is 17.5. The molecule has 2 unspecified atom stereocenters. The Morgan fingerprint density at radius 1 is 1.13 bits per heavy atom. The number of hydrogen-bond donors (Lipinski definition) is 1. The smallest absolute Gasteiger partial charge is 0.0671 e. The van der Waals surface area contributed by atoms with Crippen LogP contribution < -0.4 is 0 Å². The fourth-order valence-electron chi connectivity index (χ4n) is 1.74. The van der Waals surface area contributed by atoms with Crippen LogP contribution in [0.2, 0.25) is 0 Å². The topological polar surface area (TPSA) is 20.2 Å². The van der Waals surface area contributed by atoms with Crippen LogP contribution in [0.15, 0.2) is 30.3 Å². The van der Waals surface area contributed by atoms with Gasteiger partial charge in [-0.3, -0.25) is 0 Å². The van der Waals surface area contributed by atoms with Gasteiger partial charge in [0.15, 0.2) is 0 Å². The molecule has 0 radical (unpaired) electrons. The lowest BCUT2D eigenvalue weighted by Crippen LogP contribution is -2.39. The van der Waals surface area contributed by atoms with E-state index in [0.717, 1.165) is 6.42 Å². The molecular formula is C14H22O. The minimum atomic E-state index is -0.587. The van der Waals surface area contributed by atoms with Crippen molar-refractivity contribution < 1.29 is 5.11 Å². The Morgan fingerprint density at radius 2 is 1.67 bits per heavy atom. The van der Waals surface area contributed by atoms with E-state index in [9.17, 15) is 5.11 Å². The van der Waals surface area contributed by atoms with Gasteiger partial charge >= 0.3 is 0 Å². The number of benzene rings is 1. The van der Waals surface area contributed by atoms with Gasteiger partial charge < -0.3 is 5.11 Å². The molecule has 0 spiro atoms. The van der Waals surface area contributed by atoms with Crippen molar-refractivity contribution in [2.45, 2.75) is 39.7 Å². The highest BCUT2D eigenvalue weighted by Gasteiger charge is 2.31. The van der Waals surface area contributed by atoms with Gasteiger partial charge in [-0.15, -0.1) is 0 Å². The van der Waals surface area contributed by atoms with E-state index in [0.29, 0.717) is 0 Å². The minimum Gasteiger partial charge on any atom is -0.390 e. The zero-order valence-corrected chi connectivity index (χ0v) is 10.2. The molecule has 15 heavy (non-hydrogen) atoms. The summed E-state index contributed by atoms with van der Waals surface area (Å²) in [4.78, 5) is 0. The standard InChI is InChI=1S/C14H22O/c1-11(2)14(4,15)12(3)10-13-8-6-5-7-9-13/h5-9,11-12,15H,10H2,1-4H3. The third-order valence-electron chi connectivity index (χ3n) is 3.55. The molecule has 1 N–H and O–H groups in total. The molecule has 1 heteroatoms. The van der Waals surface area contributed by atoms with Gasteiger partial charge in [0.2, 0.25) is 0 Å². The van der Waals surface area contributed by atoms with Gasteiger partial charge in [0.05, 0.1) is 5.60 Å². The maximum absolute atomic E-state index is 10.3. The Labute approximate surface area is 93.1 Å². The average molecular weight is 206 g/mol. The van der Waals surface area contributed by atoms with Crippen LogP contribution in [0.5, 0.6) is 0 Å². The van der Waals surface area contributed by atoms with E-state index in [1.54, 1.807) is 0 Å². The molecule has 0 saturated heterocycles. The fraction of sp³-hybridized carbons (Fsp3) is 0.571. The molecule has 1 nitrogen and oxygen atoms in total. The minimum absolute atomic E-state index is 0.278. The van der Waals surface area contributed by atoms with Crippen molar-refractivity contribution in [2.24, 2.45) is 11.8 Å². The van der Waals surface area contributed by atoms with Crippen LogP contribution in [0.4, 0.5) is 0 Å². The van der Waals surface area contributed by atoms with Gasteiger partial charge in [-0.1, -0.05) is 51.1 Å². The van der Waals surface area contributed by atoms with Gasteiger partial charge in [0.1, 0.15) is 0 Å². The van der Waals surface area contributed by atoms with Crippen molar-refractivity contribution in [3.05, 3.63) is 35.9 Å². The third-order valence-corrected chi connectivity index (χ3v) is 3.55. The SMILES string of the molecule is CC(C)C(C)(O)C(C)Cc1ccccc1. The molecule has 0 aliphatic heterocycles. The van der Waals surface area contributed by atoms with Crippen LogP contribution in [-0.2, 0) is 6.42 Å². The highest BCUT2D eigenvalue weighted by atomic mass is 16.3. The van der Waals surface area contributed by atoms with Gasteiger partial charge in [-0.05, 0) is 30.7 Å². The van der Waals surface area contributed by atoms with Crippen LogP contribution in [0.3, 0.4) is 0 Å². The zero-order valence-electron chi connectivity index (χ0n) is 10.2. The van der Waals surface area contributed by atoms with Gasteiger partial charge in [0, 0.05) is 0 Å². The molecule has 2 atom stereocenters. The highest BCUT2D eigenvalue weighted by Crippen LogP contribution is 2.28. The second-order valence-electron chi connectivity index (χ2n) is 4.97. The van der Waals surface area contributed by atoms with Crippen molar-refractivity contribution >= 4 is 0 Å². The van der Waals surface area contributed by atoms with Crippen LogP contribution >= 0.6 is 0 Å². The molecule has 0 amide bonds. The summed E-state index contributed by atoms with van der Waals surface area (Å²) in [5, 5.41) is 10.3. The highest BCUT2D eigenvalue weighted by molar-refractivity contribution is 5.15. The molecule has 1 rings (SSSR count). The Hall–Kier alpha value is -0.820. The van der Waals surface area contributed by atoms with E-state index in [1.807, 2.05) is 25.1 Å². The van der Waals surface area contributed by atoms with Crippen molar-refractivity contribution in [1.29, 1.82) is 0 Å². The first-order valence-electron chi connectivity index (χ1n) is 5.71. The lowest BCUT2D eigenvalue weighted by atomic mass is 9.78.